The maximum atomic E-state index is 11.0. The van der Waals surface area contributed by atoms with Crippen LogP contribution in [0.1, 0.15) is 37.0 Å². The summed E-state index contributed by atoms with van der Waals surface area (Å²) in [5.74, 6) is 0.641. The molecular weight excluding hydrogens is 248 g/mol. The zero-order chi connectivity index (χ0) is 14.5. The largest absolute Gasteiger partial charge is 0.295 e. The summed E-state index contributed by atoms with van der Waals surface area (Å²) in [6.07, 6.45) is 10.3. The molecule has 20 heavy (non-hydrogen) atoms. The summed E-state index contributed by atoms with van der Waals surface area (Å²) in [7, 11) is 0. The highest BCUT2D eigenvalue weighted by atomic mass is 16.1. The van der Waals surface area contributed by atoms with Gasteiger partial charge in [0.15, 0.2) is 11.6 Å². The monoisotopic (exact) mass is 268 g/mol. The van der Waals surface area contributed by atoms with E-state index < -0.39 is 0 Å². The number of ketones is 2. The highest BCUT2D eigenvalue weighted by Gasteiger charge is 2.16. The van der Waals surface area contributed by atoms with Crippen molar-refractivity contribution in [2.45, 2.75) is 33.1 Å². The number of carbonyl (C=O) groups excluding carboxylic acids is 2. The molecule has 1 aliphatic carbocycles. The van der Waals surface area contributed by atoms with Gasteiger partial charge in [-0.3, -0.25) is 9.59 Å². The molecule has 104 valence electrons. The molecule has 2 rings (SSSR count). The summed E-state index contributed by atoms with van der Waals surface area (Å²) in [4.78, 5) is 21.9. The van der Waals surface area contributed by atoms with Gasteiger partial charge in [-0.1, -0.05) is 30.4 Å². The predicted molar refractivity (Wildman–Crippen MR) is 81.5 cm³/mol. The average molecular weight is 268 g/mol. The minimum atomic E-state index is 0.0668. The molecule has 0 bridgehead atoms. The molecule has 1 unspecified atom stereocenters. The molecule has 0 N–H and O–H groups in total. The third kappa shape index (κ3) is 4.02. The summed E-state index contributed by atoms with van der Waals surface area (Å²) < 4.78 is 0. The van der Waals surface area contributed by atoms with Gasteiger partial charge in [-0.25, -0.2) is 0 Å². The lowest BCUT2D eigenvalue weighted by Gasteiger charge is -2.22. The fourth-order valence-corrected chi connectivity index (χ4v) is 2.56. The quantitative estimate of drug-likeness (QED) is 0.783. The zero-order valence-corrected chi connectivity index (χ0v) is 12.1. The minimum Gasteiger partial charge on any atom is -0.295 e. The first kappa shape index (κ1) is 14.4. The van der Waals surface area contributed by atoms with E-state index in [1.165, 1.54) is 11.1 Å². The van der Waals surface area contributed by atoms with Gasteiger partial charge in [-0.05, 0) is 67.9 Å². The van der Waals surface area contributed by atoms with E-state index in [0.29, 0.717) is 5.92 Å². The van der Waals surface area contributed by atoms with Crippen LogP contribution in [-0.4, -0.2) is 11.6 Å². The first-order valence-corrected chi connectivity index (χ1v) is 7.04. The van der Waals surface area contributed by atoms with E-state index in [0.717, 1.165) is 24.8 Å². The van der Waals surface area contributed by atoms with Crippen LogP contribution in [0.3, 0.4) is 0 Å². The standard InChI is InChI=1S/C18H20O2/c1-13(19)3-5-15-7-9-18-12-16(6-4-14(2)20)8-10-17(18)11-15/h3-7,9,11,16H,8,10,12H2,1-2H3/b5-3+,6-4+. The number of carbonyl (C=O) groups is 2. The Balaban J connectivity index is 2.11. The Morgan fingerprint density at radius 3 is 2.55 bits per heavy atom. The summed E-state index contributed by atoms with van der Waals surface area (Å²) in [5.41, 5.74) is 3.80. The third-order valence-corrected chi connectivity index (χ3v) is 3.61. The van der Waals surface area contributed by atoms with E-state index in [2.05, 4.69) is 18.2 Å². The van der Waals surface area contributed by atoms with Crippen molar-refractivity contribution in [2.24, 2.45) is 5.92 Å². The molecule has 1 aromatic carbocycles. The van der Waals surface area contributed by atoms with Crippen LogP contribution in [0.4, 0.5) is 0 Å². The normalized spacial score (nSPS) is 18.4. The maximum Gasteiger partial charge on any atom is 0.152 e. The van der Waals surface area contributed by atoms with Crippen molar-refractivity contribution < 1.29 is 9.59 Å². The number of benzene rings is 1. The number of hydrogen-bond acceptors (Lipinski definition) is 2. The smallest absolute Gasteiger partial charge is 0.152 e. The highest BCUT2D eigenvalue weighted by molar-refractivity contribution is 5.91. The molecule has 1 aromatic rings. The zero-order valence-electron chi connectivity index (χ0n) is 12.1. The van der Waals surface area contributed by atoms with Crippen LogP contribution < -0.4 is 0 Å². The molecule has 0 heterocycles. The molecule has 0 amide bonds. The van der Waals surface area contributed by atoms with Gasteiger partial charge in [-0.2, -0.15) is 0 Å². The van der Waals surface area contributed by atoms with Gasteiger partial charge in [0.05, 0.1) is 0 Å². The Kier molecular flexibility index (Phi) is 4.67. The molecule has 0 aliphatic heterocycles. The molecule has 0 radical (unpaired) electrons. The van der Waals surface area contributed by atoms with Crippen LogP contribution in [0.25, 0.3) is 6.08 Å². The van der Waals surface area contributed by atoms with Crippen LogP contribution in [0, 0.1) is 5.92 Å². The van der Waals surface area contributed by atoms with Gasteiger partial charge in [0.1, 0.15) is 0 Å². The van der Waals surface area contributed by atoms with Crippen molar-refractivity contribution in [3.05, 3.63) is 53.1 Å². The van der Waals surface area contributed by atoms with Gasteiger partial charge in [-0.15, -0.1) is 0 Å². The molecule has 2 heteroatoms. The van der Waals surface area contributed by atoms with Crippen LogP contribution in [-0.2, 0) is 22.4 Å². The average Bonchev–Trinajstić information content (AvgIpc) is 2.42. The number of aryl methyl sites for hydroxylation is 1. The molecule has 2 nitrogen and oxygen atoms in total. The van der Waals surface area contributed by atoms with Crippen LogP contribution in [0.5, 0.6) is 0 Å². The number of allylic oxidation sites excluding steroid dienone is 3. The van der Waals surface area contributed by atoms with E-state index in [1.54, 1.807) is 26.0 Å². The third-order valence-electron chi connectivity index (χ3n) is 3.61. The van der Waals surface area contributed by atoms with E-state index in [-0.39, 0.29) is 11.6 Å². The van der Waals surface area contributed by atoms with Crippen molar-refractivity contribution in [1.29, 1.82) is 0 Å². The van der Waals surface area contributed by atoms with Crippen molar-refractivity contribution in [1.82, 2.24) is 0 Å². The van der Waals surface area contributed by atoms with Crippen LogP contribution >= 0.6 is 0 Å². The Morgan fingerprint density at radius 1 is 1.10 bits per heavy atom. The second kappa shape index (κ2) is 6.47. The number of rotatable bonds is 4. The molecule has 1 aliphatic rings. The van der Waals surface area contributed by atoms with E-state index in [1.807, 2.05) is 12.2 Å². The van der Waals surface area contributed by atoms with Crippen molar-refractivity contribution in [2.75, 3.05) is 0 Å². The molecule has 0 aromatic heterocycles. The fraction of sp³-hybridized carbons (Fsp3) is 0.333. The SMILES string of the molecule is CC(=O)/C=C/c1ccc2c(c1)CCC(/C=C/C(C)=O)C2. The molecular formula is C18H20O2. The molecule has 0 spiro atoms. The van der Waals surface area contributed by atoms with Crippen LogP contribution in [0.15, 0.2) is 36.4 Å². The Labute approximate surface area is 120 Å². The van der Waals surface area contributed by atoms with E-state index >= 15 is 0 Å². The highest BCUT2D eigenvalue weighted by Crippen LogP contribution is 2.27. The molecule has 1 atom stereocenters. The lowest BCUT2D eigenvalue weighted by Crippen LogP contribution is -2.12. The second-order valence-corrected chi connectivity index (χ2v) is 5.44. The molecule has 0 fully saturated rings. The van der Waals surface area contributed by atoms with E-state index in [4.69, 9.17) is 0 Å². The Hall–Kier alpha value is -1.96. The van der Waals surface area contributed by atoms with Crippen LogP contribution in [0.2, 0.25) is 0 Å². The lowest BCUT2D eigenvalue weighted by molar-refractivity contribution is -0.113. The predicted octanol–water partition coefficient (Wildman–Crippen LogP) is 3.54. The first-order chi connectivity index (χ1) is 9.54. The van der Waals surface area contributed by atoms with Gasteiger partial charge in [0, 0.05) is 0 Å². The second-order valence-electron chi connectivity index (χ2n) is 5.44. The van der Waals surface area contributed by atoms with Gasteiger partial charge >= 0.3 is 0 Å². The Bertz CT molecular complexity index is 579. The van der Waals surface area contributed by atoms with Crippen molar-refractivity contribution in [3.8, 4) is 0 Å². The molecule has 0 saturated carbocycles. The maximum absolute atomic E-state index is 11.0. The number of fused-ring (bicyclic) bond motifs is 1. The summed E-state index contributed by atoms with van der Waals surface area (Å²) >= 11 is 0. The van der Waals surface area contributed by atoms with E-state index in [9.17, 15) is 9.59 Å². The minimum absolute atomic E-state index is 0.0668. The lowest BCUT2D eigenvalue weighted by atomic mass is 9.83. The van der Waals surface area contributed by atoms with Gasteiger partial charge in [0.25, 0.3) is 0 Å². The van der Waals surface area contributed by atoms with Crippen molar-refractivity contribution >= 4 is 17.6 Å². The summed E-state index contributed by atoms with van der Waals surface area (Å²) in [6, 6.07) is 6.36. The topological polar surface area (TPSA) is 34.1 Å². The molecule has 0 saturated heterocycles. The summed E-state index contributed by atoms with van der Waals surface area (Å²) in [6.45, 7) is 3.14. The number of hydrogen-bond donors (Lipinski definition) is 0. The van der Waals surface area contributed by atoms with Gasteiger partial charge in [0.2, 0.25) is 0 Å². The summed E-state index contributed by atoms with van der Waals surface area (Å²) in [5, 5.41) is 0. The Morgan fingerprint density at radius 2 is 1.85 bits per heavy atom. The first-order valence-electron chi connectivity index (χ1n) is 7.04. The van der Waals surface area contributed by atoms with Gasteiger partial charge < -0.3 is 0 Å². The van der Waals surface area contributed by atoms with Crippen molar-refractivity contribution in [3.63, 3.8) is 0 Å². The fourth-order valence-electron chi connectivity index (χ4n) is 2.56.